The summed E-state index contributed by atoms with van der Waals surface area (Å²) in [5, 5.41) is 12.1. The lowest BCUT2D eigenvalue weighted by atomic mass is 10.1. The van der Waals surface area contributed by atoms with Crippen molar-refractivity contribution in [3.05, 3.63) is 35.7 Å². The molecule has 2 heterocycles. The predicted octanol–water partition coefficient (Wildman–Crippen LogP) is 2.31. The number of hydrogen-bond donors (Lipinski definition) is 0. The molecule has 1 aliphatic rings. The van der Waals surface area contributed by atoms with E-state index in [1.807, 2.05) is 19.1 Å². The highest BCUT2D eigenvalue weighted by molar-refractivity contribution is 7.90. The molecule has 0 N–H and O–H groups in total. The molecule has 3 rings (SSSR count). The van der Waals surface area contributed by atoms with E-state index in [2.05, 4.69) is 39.3 Å². The Hall–Kier alpha value is -1.55. The number of rotatable bonds is 8. The lowest BCUT2D eigenvalue weighted by molar-refractivity contribution is 0.0990. The molecule has 1 fully saturated rings. The summed E-state index contributed by atoms with van der Waals surface area (Å²) < 4.78 is 27.2. The van der Waals surface area contributed by atoms with Crippen LogP contribution in [0.3, 0.4) is 0 Å². The van der Waals surface area contributed by atoms with Gasteiger partial charge in [-0.25, -0.2) is 13.1 Å². The summed E-state index contributed by atoms with van der Waals surface area (Å²) in [6.45, 7) is 7.94. The SMILES string of the molecule is CCCCC(c1nnnn1CS(=O)(=O)c1ccc(C)cc1)N1CCN(C)CC1.Cl. The number of nitrogens with zero attached hydrogens (tertiary/aromatic N) is 6. The first kappa shape index (κ1) is 23.7. The second-order valence-corrected chi connectivity index (χ2v) is 9.55. The number of likely N-dealkylation sites (N-methyl/N-ethyl adjacent to an activating group) is 1. The Bertz CT molecular complexity index is 863. The smallest absolute Gasteiger partial charge is 0.198 e. The molecular formula is C19H31ClN6O2S. The molecule has 1 aromatic carbocycles. The monoisotopic (exact) mass is 442 g/mol. The maximum Gasteiger partial charge on any atom is 0.198 e. The van der Waals surface area contributed by atoms with Crippen LogP contribution >= 0.6 is 12.4 Å². The molecule has 8 nitrogen and oxygen atoms in total. The van der Waals surface area contributed by atoms with Gasteiger partial charge in [-0.2, -0.15) is 0 Å². The molecule has 1 aliphatic heterocycles. The van der Waals surface area contributed by atoms with Crippen molar-refractivity contribution < 1.29 is 8.42 Å². The molecule has 2 aromatic rings. The van der Waals surface area contributed by atoms with Crippen LogP contribution < -0.4 is 0 Å². The van der Waals surface area contributed by atoms with Gasteiger partial charge in [-0.3, -0.25) is 4.90 Å². The van der Waals surface area contributed by atoms with Gasteiger partial charge in [0.2, 0.25) is 0 Å². The Labute approximate surface area is 179 Å². The lowest BCUT2D eigenvalue weighted by Crippen LogP contribution is -2.46. The quantitative estimate of drug-likeness (QED) is 0.620. The van der Waals surface area contributed by atoms with Gasteiger partial charge in [-0.1, -0.05) is 37.5 Å². The van der Waals surface area contributed by atoms with E-state index in [0.717, 1.165) is 51.0 Å². The van der Waals surface area contributed by atoms with Crippen LogP contribution in [-0.4, -0.2) is 71.7 Å². The van der Waals surface area contributed by atoms with Gasteiger partial charge in [0.1, 0.15) is 0 Å². The fourth-order valence-corrected chi connectivity index (χ4v) is 4.74. The van der Waals surface area contributed by atoms with Crippen molar-refractivity contribution in [1.82, 2.24) is 30.0 Å². The maximum atomic E-state index is 12.9. The number of piperazine rings is 1. The highest BCUT2D eigenvalue weighted by Gasteiger charge is 2.29. The van der Waals surface area contributed by atoms with Crippen LogP contribution in [0.5, 0.6) is 0 Å². The number of aryl methyl sites for hydroxylation is 1. The third-order valence-electron chi connectivity index (χ3n) is 5.34. The van der Waals surface area contributed by atoms with Gasteiger partial charge in [0.05, 0.1) is 10.9 Å². The van der Waals surface area contributed by atoms with Gasteiger partial charge in [0, 0.05) is 26.2 Å². The van der Waals surface area contributed by atoms with E-state index < -0.39 is 9.84 Å². The van der Waals surface area contributed by atoms with Crippen LogP contribution in [0.4, 0.5) is 0 Å². The number of tetrazole rings is 1. The van der Waals surface area contributed by atoms with Crippen LogP contribution in [0.15, 0.2) is 29.2 Å². The third kappa shape index (κ3) is 5.97. The number of halogens is 1. The molecule has 1 saturated heterocycles. The zero-order valence-electron chi connectivity index (χ0n) is 17.4. The van der Waals surface area contributed by atoms with Crippen molar-refractivity contribution in [1.29, 1.82) is 0 Å². The van der Waals surface area contributed by atoms with Crippen LogP contribution in [0.25, 0.3) is 0 Å². The summed E-state index contributed by atoms with van der Waals surface area (Å²) in [6.07, 6.45) is 3.05. The minimum atomic E-state index is -3.52. The van der Waals surface area contributed by atoms with Gasteiger partial charge in [0.25, 0.3) is 0 Å². The van der Waals surface area contributed by atoms with Gasteiger partial charge in [-0.05, 0) is 43.0 Å². The molecule has 162 valence electrons. The van der Waals surface area contributed by atoms with E-state index in [4.69, 9.17) is 0 Å². The van der Waals surface area contributed by atoms with E-state index in [9.17, 15) is 8.42 Å². The van der Waals surface area contributed by atoms with E-state index >= 15 is 0 Å². The second kappa shape index (κ2) is 10.5. The standard InChI is InChI=1S/C19H30N6O2S.ClH/c1-4-5-6-18(24-13-11-23(3)12-14-24)19-20-21-22-25(19)15-28(26,27)17-9-7-16(2)8-10-17;/h7-10,18H,4-6,11-15H2,1-3H3;1H. The molecule has 0 amide bonds. The van der Waals surface area contributed by atoms with Crippen molar-refractivity contribution in [3.8, 4) is 0 Å². The van der Waals surface area contributed by atoms with Crippen LogP contribution in [-0.2, 0) is 15.7 Å². The van der Waals surface area contributed by atoms with Gasteiger partial charge in [-0.15, -0.1) is 17.5 Å². The average molecular weight is 443 g/mol. The number of hydrogen-bond acceptors (Lipinski definition) is 7. The normalized spacial score (nSPS) is 17.1. The molecule has 29 heavy (non-hydrogen) atoms. The summed E-state index contributed by atoms with van der Waals surface area (Å²) in [5.74, 6) is 0.406. The second-order valence-electron chi connectivity index (χ2n) is 7.59. The first-order valence-corrected chi connectivity index (χ1v) is 11.5. The molecule has 10 heteroatoms. The summed E-state index contributed by atoms with van der Waals surface area (Å²) in [6, 6.07) is 6.94. The summed E-state index contributed by atoms with van der Waals surface area (Å²) in [5.41, 5.74) is 1.02. The molecule has 1 atom stereocenters. The zero-order chi connectivity index (χ0) is 20.1. The number of benzene rings is 1. The van der Waals surface area contributed by atoms with Gasteiger partial charge < -0.3 is 4.90 Å². The molecule has 0 spiro atoms. The Morgan fingerprint density at radius 2 is 1.76 bits per heavy atom. The van der Waals surface area contributed by atoms with E-state index in [1.165, 1.54) is 4.68 Å². The summed E-state index contributed by atoms with van der Waals surface area (Å²) >= 11 is 0. The fraction of sp³-hybridized carbons (Fsp3) is 0.632. The number of aromatic nitrogens is 4. The average Bonchev–Trinajstić information content (AvgIpc) is 3.11. The Balaban J connectivity index is 0.00000300. The van der Waals surface area contributed by atoms with E-state index in [0.29, 0.717) is 10.7 Å². The molecule has 0 radical (unpaired) electrons. The maximum absolute atomic E-state index is 12.9. The van der Waals surface area contributed by atoms with Crippen LogP contribution in [0.2, 0.25) is 0 Å². The Morgan fingerprint density at radius 1 is 1.10 bits per heavy atom. The van der Waals surface area contributed by atoms with Gasteiger partial charge >= 0.3 is 0 Å². The molecule has 0 saturated carbocycles. The van der Waals surface area contributed by atoms with Crippen molar-refractivity contribution in [2.75, 3.05) is 33.2 Å². The van der Waals surface area contributed by atoms with Gasteiger partial charge in [0.15, 0.2) is 21.5 Å². The third-order valence-corrected chi connectivity index (χ3v) is 6.91. The summed E-state index contributed by atoms with van der Waals surface area (Å²) in [7, 11) is -1.40. The lowest BCUT2D eigenvalue weighted by Gasteiger charge is -2.37. The van der Waals surface area contributed by atoms with E-state index in [-0.39, 0.29) is 24.3 Å². The van der Waals surface area contributed by atoms with Crippen molar-refractivity contribution in [2.45, 2.75) is 49.9 Å². The number of sulfone groups is 1. The largest absolute Gasteiger partial charge is 0.304 e. The van der Waals surface area contributed by atoms with Crippen molar-refractivity contribution >= 4 is 22.2 Å². The molecule has 0 aliphatic carbocycles. The zero-order valence-corrected chi connectivity index (χ0v) is 19.0. The van der Waals surface area contributed by atoms with Crippen LogP contribution in [0.1, 0.15) is 43.6 Å². The van der Waals surface area contributed by atoms with E-state index in [1.54, 1.807) is 12.1 Å². The Kier molecular flexibility index (Phi) is 8.57. The predicted molar refractivity (Wildman–Crippen MR) is 115 cm³/mol. The highest BCUT2D eigenvalue weighted by Crippen LogP contribution is 2.26. The minimum absolute atomic E-state index is 0. The fourth-order valence-electron chi connectivity index (χ4n) is 3.53. The molecule has 0 bridgehead atoms. The van der Waals surface area contributed by atoms with Crippen molar-refractivity contribution in [2.24, 2.45) is 0 Å². The molecule has 1 unspecified atom stereocenters. The molecule has 1 aromatic heterocycles. The van der Waals surface area contributed by atoms with Crippen LogP contribution in [0, 0.1) is 6.92 Å². The topological polar surface area (TPSA) is 84.2 Å². The minimum Gasteiger partial charge on any atom is -0.304 e. The summed E-state index contributed by atoms with van der Waals surface area (Å²) in [4.78, 5) is 4.98. The highest BCUT2D eigenvalue weighted by atomic mass is 35.5. The molecular weight excluding hydrogens is 412 g/mol. The van der Waals surface area contributed by atoms with Crippen molar-refractivity contribution in [3.63, 3.8) is 0 Å². The Morgan fingerprint density at radius 3 is 2.38 bits per heavy atom. The first-order valence-electron chi connectivity index (χ1n) is 9.89. The first-order chi connectivity index (χ1) is 13.4. The number of unbranched alkanes of at least 4 members (excludes halogenated alkanes) is 1.